The molecule has 0 radical (unpaired) electrons. The summed E-state index contributed by atoms with van der Waals surface area (Å²) >= 11 is 1.45. The van der Waals surface area contributed by atoms with Crippen LogP contribution in [0.1, 0.15) is 35.5 Å². The fourth-order valence-electron chi connectivity index (χ4n) is 3.27. The first-order chi connectivity index (χ1) is 13.6. The molecule has 2 heterocycles. The lowest BCUT2D eigenvalue weighted by molar-refractivity contribution is -0.116. The van der Waals surface area contributed by atoms with Gasteiger partial charge in [0.25, 0.3) is 0 Å². The lowest BCUT2D eigenvalue weighted by Crippen LogP contribution is -2.41. The second kappa shape index (κ2) is 7.67. The van der Waals surface area contributed by atoms with Crippen molar-refractivity contribution in [1.82, 2.24) is 14.9 Å². The molecule has 3 aromatic rings. The molecule has 1 aliphatic rings. The SMILES string of the molecule is CCc1nnc2n1N[C@H](c1ccccc1)[C@H](C(=O)Nc1ccc(C)c(C)c1)S2. The summed E-state index contributed by atoms with van der Waals surface area (Å²) in [5.41, 5.74) is 7.67. The number of amides is 1. The van der Waals surface area contributed by atoms with E-state index in [2.05, 4.69) is 27.9 Å². The fourth-order valence-corrected chi connectivity index (χ4v) is 4.37. The van der Waals surface area contributed by atoms with Gasteiger partial charge in [-0.15, -0.1) is 10.2 Å². The summed E-state index contributed by atoms with van der Waals surface area (Å²) < 4.78 is 1.90. The van der Waals surface area contributed by atoms with Crippen LogP contribution in [0.15, 0.2) is 53.7 Å². The molecule has 1 aliphatic heterocycles. The van der Waals surface area contributed by atoms with Crippen LogP contribution in [0.4, 0.5) is 5.69 Å². The molecule has 2 aromatic carbocycles. The van der Waals surface area contributed by atoms with Gasteiger partial charge in [-0.3, -0.25) is 4.79 Å². The van der Waals surface area contributed by atoms with E-state index in [4.69, 9.17) is 0 Å². The van der Waals surface area contributed by atoms with E-state index < -0.39 is 0 Å². The van der Waals surface area contributed by atoms with Gasteiger partial charge in [0.15, 0.2) is 5.82 Å². The summed E-state index contributed by atoms with van der Waals surface area (Å²) in [6, 6.07) is 15.8. The summed E-state index contributed by atoms with van der Waals surface area (Å²) in [7, 11) is 0. The van der Waals surface area contributed by atoms with Crippen molar-refractivity contribution in [2.24, 2.45) is 0 Å². The molecule has 28 heavy (non-hydrogen) atoms. The van der Waals surface area contributed by atoms with Crippen LogP contribution in [0, 0.1) is 13.8 Å². The van der Waals surface area contributed by atoms with E-state index in [-0.39, 0.29) is 17.2 Å². The third kappa shape index (κ3) is 3.49. The minimum absolute atomic E-state index is 0.0538. The number of anilines is 1. The molecule has 4 rings (SSSR count). The lowest BCUT2D eigenvalue weighted by atomic mass is 10.0. The van der Waals surface area contributed by atoms with E-state index >= 15 is 0 Å². The van der Waals surface area contributed by atoms with Crippen molar-refractivity contribution in [3.05, 3.63) is 71.0 Å². The number of carbonyl (C=O) groups excluding carboxylic acids is 1. The molecule has 0 aliphatic carbocycles. The van der Waals surface area contributed by atoms with Crippen molar-refractivity contribution in [3.8, 4) is 0 Å². The Bertz CT molecular complexity index is 1000. The average Bonchev–Trinajstić information content (AvgIpc) is 3.12. The van der Waals surface area contributed by atoms with Crippen molar-refractivity contribution in [2.45, 2.75) is 43.6 Å². The van der Waals surface area contributed by atoms with Crippen LogP contribution in [0.25, 0.3) is 0 Å². The number of aryl methyl sites for hydroxylation is 3. The largest absolute Gasteiger partial charge is 0.325 e. The molecule has 6 nitrogen and oxygen atoms in total. The zero-order chi connectivity index (χ0) is 19.7. The van der Waals surface area contributed by atoms with Gasteiger partial charge < -0.3 is 10.7 Å². The average molecular weight is 394 g/mol. The first-order valence-electron chi connectivity index (χ1n) is 9.37. The van der Waals surface area contributed by atoms with Gasteiger partial charge in [0.2, 0.25) is 11.1 Å². The molecule has 0 bridgehead atoms. The van der Waals surface area contributed by atoms with Crippen LogP contribution in [0.3, 0.4) is 0 Å². The number of benzene rings is 2. The van der Waals surface area contributed by atoms with Crippen LogP contribution in [0.5, 0.6) is 0 Å². The number of aromatic nitrogens is 3. The number of thioether (sulfide) groups is 1. The van der Waals surface area contributed by atoms with Crippen molar-refractivity contribution in [1.29, 1.82) is 0 Å². The number of rotatable bonds is 4. The van der Waals surface area contributed by atoms with E-state index in [0.29, 0.717) is 5.16 Å². The van der Waals surface area contributed by atoms with Crippen molar-refractivity contribution < 1.29 is 4.79 Å². The molecule has 0 unspecified atom stereocenters. The van der Waals surface area contributed by atoms with Crippen LogP contribution >= 0.6 is 11.8 Å². The number of hydrogen-bond donors (Lipinski definition) is 2. The molecule has 0 fully saturated rings. The second-order valence-electron chi connectivity index (χ2n) is 6.93. The molecule has 1 aromatic heterocycles. The highest BCUT2D eigenvalue weighted by atomic mass is 32.2. The summed E-state index contributed by atoms with van der Waals surface area (Å²) in [4.78, 5) is 13.2. The smallest absolute Gasteiger partial charge is 0.240 e. The number of nitrogens with one attached hydrogen (secondary N) is 2. The second-order valence-corrected chi connectivity index (χ2v) is 8.04. The highest BCUT2D eigenvalue weighted by Crippen LogP contribution is 2.37. The highest BCUT2D eigenvalue weighted by molar-refractivity contribution is 8.00. The molecule has 7 heteroatoms. The van der Waals surface area contributed by atoms with E-state index in [9.17, 15) is 4.79 Å². The Hall–Kier alpha value is -2.80. The molecule has 2 atom stereocenters. The molecule has 0 saturated heterocycles. The van der Waals surface area contributed by atoms with E-state index in [1.165, 1.54) is 17.3 Å². The third-order valence-corrected chi connectivity index (χ3v) is 6.23. The summed E-state index contributed by atoms with van der Waals surface area (Å²) in [5.74, 6) is 0.804. The van der Waals surface area contributed by atoms with Gasteiger partial charge in [0.05, 0.1) is 6.04 Å². The van der Waals surface area contributed by atoms with Gasteiger partial charge in [-0.05, 0) is 42.7 Å². The number of hydrogen-bond acceptors (Lipinski definition) is 5. The molecule has 144 valence electrons. The predicted octanol–water partition coefficient (Wildman–Crippen LogP) is 3.86. The molecule has 1 amide bonds. The molecular weight excluding hydrogens is 370 g/mol. The summed E-state index contributed by atoms with van der Waals surface area (Å²) in [5, 5.41) is 11.9. The molecule has 0 saturated carbocycles. The minimum atomic E-state index is -0.370. The Morgan fingerprint density at radius 2 is 1.93 bits per heavy atom. The van der Waals surface area contributed by atoms with E-state index in [1.807, 2.05) is 67.1 Å². The van der Waals surface area contributed by atoms with Crippen molar-refractivity contribution in [3.63, 3.8) is 0 Å². The van der Waals surface area contributed by atoms with E-state index in [1.54, 1.807) is 0 Å². The van der Waals surface area contributed by atoms with Crippen molar-refractivity contribution in [2.75, 3.05) is 10.7 Å². The van der Waals surface area contributed by atoms with Crippen molar-refractivity contribution >= 4 is 23.4 Å². The summed E-state index contributed by atoms with van der Waals surface area (Å²) in [6.45, 7) is 6.15. The zero-order valence-electron chi connectivity index (χ0n) is 16.1. The Morgan fingerprint density at radius 3 is 2.64 bits per heavy atom. The predicted molar refractivity (Wildman–Crippen MR) is 112 cm³/mol. The monoisotopic (exact) mass is 393 g/mol. The van der Waals surface area contributed by atoms with Crippen LogP contribution in [0.2, 0.25) is 0 Å². The molecule has 0 spiro atoms. The van der Waals surface area contributed by atoms with Gasteiger partial charge in [-0.2, -0.15) is 0 Å². The Kier molecular flexibility index (Phi) is 5.09. The fraction of sp³-hybridized carbons (Fsp3) is 0.286. The van der Waals surface area contributed by atoms with Gasteiger partial charge >= 0.3 is 0 Å². The third-order valence-electron chi connectivity index (χ3n) is 5.01. The maximum Gasteiger partial charge on any atom is 0.240 e. The topological polar surface area (TPSA) is 71.8 Å². The Labute approximate surface area is 168 Å². The van der Waals surface area contributed by atoms with Gasteiger partial charge in [0.1, 0.15) is 5.25 Å². The maximum atomic E-state index is 13.2. The van der Waals surface area contributed by atoms with Gasteiger partial charge in [-0.1, -0.05) is 55.1 Å². The zero-order valence-corrected chi connectivity index (χ0v) is 17.0. The molecule has 2 N–H and O–H groups in total. The van der Waals surface area contributed by atoms with Gasteiger partial charge in [-0.25, -0.2) is 4.68 Å². The van der Waals surface area contributed by atoms with Crippen LogP contribution < -0.4 is 10.7 Å². The quantitative estimate of drug-likeness (QED) is 0.704. The first-order valence-corrected chi connectivity index (χ1v) is 10.3. The van der Waals surface area contributed by atoms with Gasteiger partial charge in [0, 0.05) is 12.1 Å². The molecular formula is C21H23N5OS. The standard InChI is InChI=1S/C21H23N5OS/c1-4-17-23-24-21-26(17)25-18(15-8-6-5-7-9-15)19(28-21)20(27)22-16-11-10-13(2)14(3)12-16/h5-12,18-19,25H,4H2,1-3H3,(H,22,27)/t18-,19-/m1/s1. The number of carbonyl (C=O) groups is 1. The first kappa shape index (κ1) is 18.6. The van der Waals surface area contributed by atoms with Crippen LogP contribution in [-0.2, 0) is 11.2 Å². The summed E-state index contributed by atoms with van der Waals surface area (Å²) in [6.07, 6.45) is 0.765. The van der Waals surface area contributed by atoms with Crippen LogP contribution in [-0.4, -0.2) is 26.0 Å². The van der Waals surface area contributed by atoms with E-state index in [0.717, 1.165) is 29.1 Å². The Morgan fingerprint density at radius 1 is 1.14 bits per heavy atom. The normalized spacial score (nSPS) is 18.2. The minimum Gasteiger partial charge on any atom is -0.325 e. The highest BCUT2D eigenvalue weighted by Gasteiger charge is 2.37. The number of nitrogens with zero attached hydrogens (tertiary/aromatic N) is 3. The Balaban J connectivity index is 1.65. The lowest BCUT2D eigenvalue weighted by Gasteiger charge is -2.33. The number of fused-ring (bicyclic) bond motifs is 1. The maximum absolute atomic E-state index is 13.2.